The van der Waals surface area contributed by atoms with E-state index in [2.05, 4.69) is 26.2 Å². The van der Waals surface area contributed by atoms with Crippen LogP contribution in [0.3, 0.4) is 0 Å². The number of terminal acetylenes is 1. The fourth-order valence-corrected chi connectivity index (χ4v) is 4.52. The minimum atomic E-state index is -0.703. The van der Waals surface area contributed by atoms with E-state index in [1.54, 1.807) is 12.7 Å². The van der Waals surface area contributed by atoms with E-state index in [0.29, 0.717) is 11.7 Å². The van der Waals surface area contributed by atoms with E-state index in [-0.39, 0.29) is 12.2 Å². The molecule has 0 unspecified atom stereocenters. The minimum Gasteiger partial charge on any atom is -0.365 e. The molecule has 3 aliphatic rings. The third kappa shape index (κ3) is 2.94. The summed E-state index contributed by atoms with van der Waals surface area (Å²) in [7, 11) is 0. The third-order valence-electron chi connectivity index (χ3n) is 5.77. The molecule has 0 bridgehead atoms. The fraction of sp³-hybridized carbons (Fsp3) is 0.650. The second-order valence-corrected chi connectivity index (χ2v) is 8.20. The van der Waals surface area contributed by atoms with Crippen molar-refractivity contribution in [2.75, 3.05) is 5.32 Å². The highest BCUT2D eigenvalue weighted by Gasteiger charge is 2.55. The molecule has 2 aromatic heterocycles. The number of imidazole rings is 1. The zero-order chi connectivity index (χ0) is 19.3. The van der Waals surface area contributed by atoms with Crippen LogP contribution in [-0.2, 0) is 14.2 Å². The molecule has 2 aliphatic heterocycles. The van der Waals surface area contributed by atoms with Crippen molar-refractivity contribution >= 4 is 17.0 Å². The summed E-state index contributed by atoms with van der Waals surface area (Å²) in [6.45, 7) is 3.77. The van der Waals surface area contributed by atoms with Crippen molar-refractivity contribution in [3.05, 3.63) is 12.7 Å². The summed E-state index contributed by atoms with van der Waals surface area (Å²) in [5, 5.41) is 3.55. The molecule has 1 aliphatic carbocycles. The first-order valence-electron chi connectivity index (χ1n) is 9.97. The average Bonchev–Trinajstić information content (AvgIpc) is 3.33. The molecule has 0 amide bonds. The van der Waals surface area contributed by atoms with Crippen molar-refractivity contribution in [1.29, 1.82) is 0 Å². The Labute approximate surface area is 164 Å². The molecule has 2 saturated heterocycles. The molecule has 0 aromatic carbocycles. The molecule has 3 fully saturated rings. The van der Waals surface area contributed by atoms with E-state index < -0.39 is 18.1 Å². The van der Waals surface area contributed by atoms with Gasteiger partial charge in [-0.05, 0) is 26.7 Å². The Bertz CT molecular complexity index is 914. The van der Waals surface area contributed by atoms with Crippen LogP contribution in [0.5, 0.6) is 0 Å². The van der Waals surface area contributed by atoms with Gasteiger partial charge in [-0.15, -0.1) is 6.42 Å². The lowest BCUT2D eigenvalue weighted by Crippen LogP contribution is -2.28. The van der Waals surface area contributed by atoms with Crippen LogP contribution in [0.25, 0.3) is 11.2 Å². The lowest BCUT2D eigenvalue weighted by atomic mass is 9.95. The van der Waals surface area contributed by atoms with Gasteiger partial charge in [-0.1, -0.05) is 25.2 Å². The summed E-state index contributed by atoms with van der Waals surface area (Å²) >= 11 is 0. The highest BCUT2D eigenvalue weighted by atomic mass is 16.8. The second kappa shape index (κ2) is 6.69. The topological polar surface area (TPSA) is 83.3 Å². The SMILES string of the molecule is C#C[C@H]1O[C@@H](n2cnc3c(NC4CCCCC4)ncnc32)[C@H]2OC(C)(C)O[C@@H]21. The predicted molar refractivity (Wildman–Crippen MR) is 102 cm³/mol. The van der Waals surface area contributed by atoms with Crippen LogP contribution in [-0.4, -0.2) is 49.7 Å². The summed E-state index contributed by atoms with van der Waals surface area (Å²) in [5.41, 5.74) is 1.43. The molecule has 0 radical (unpaired) electrons. The van der Waals surface area contributed by atoms with Gasteiger partial charge in [0.1, 0.15) is 24.6 Å². The first kappa shape index (κ1) is 17.9. The van der Waals surface area contributed by atoms with Gasteiger partial charge in [-0.3, -0.25) is 4.57 Å². The number of hydrogen-bond donors (Lipinski definition) is 1. The van der Waals surface area contributed by atoms with Crippen molar-refractivity contribution in [1.82, 2.24) is 19.5 Å². The molecule has 8 heteroatoms. The number of rotatable bonds is 3. The van der Waals surface area contributed by atoms with Crippen LogP contribution in [0.2, 0.25) is 0 Å². The van der Waals surface area contributed by atoms with Gasteiger partial charge < -0.3 is 19.5 Å². The Kier molecular flexibility index (Phi) is 4.27. The van der Waals surface area contributed by atoms with Crippen LogP contribution >= 0.6 is 0 Å². The van der Waals surface area contributed by atoms with Gasteiger partial charge in [0.2, 0.25) is 0 Å². The molecule has 28 heavy (non-hydrogen) atoms. The molecule has 5 rings (SSSR count). The van der Waals surface area contributed by atoms with Gasteiger partial charge in [0.05, 0.1) is 6.33 Å². The van der Waals surface area contributed by atoms with Gasteiger partial charge in [-0.25, -0.2) is 15.0 Å². The first-order valence-corrected chi connectivity index (χ1v) is 9.97. The molecule has 1 saturated carbocycles. The molecule has 4 heterocycles. The molecular formula is C20H25N5O3. The Morgan fingerprint density at radius 3 is 2.71 bits per heavy atom. The predicted octanol–water partition coefficient (Wildman–Crippen LogP) is 2.62. The van der Waals surface area contributed by atoms with E-state index in [4.69, 9.17) is 20.6 Å². The molecule has 4 atom stereocenters. The van der Waals surface area contributed by atoms with Gasteiger partial charge in [0.15, 0.2) is 29.0 Å². The van der Waals surface area contributed by atoms with Crippen molar-refractivity contribution in [3.8, 4) is 12.3 Å². The monoisotopic (exact) mass is 383 g/mol. The largest absolute Gasteiger partial charge is 0.365 e. The first-order chi connectivity index (χ1) is 13.6. The number of hydrogen-bond acceptors (Lipinski definition) is 7. The zero-order valence-corrected chi connectivity index (χ0v) is 16.2. The van der Waals surface area contributed by atoms with E-state index in [1.165, 1.54) is 19.3 Å². The minimum absolute atomic E-state index is 0.316. The Balaban J connectivity index is 1.47. The maximum Gasteiger partial charge on any atom is 0.167 e. The molecule has 148 valence electrons. The van der Waals surface area contributed by atoms with Crippen LogP contribution in [0.4, 0.5) is 5.82 Å². The smallest absolute Gasteiger partial charge is 0.167 e. The summed E-state index contributed by atoms with van der Waals surface area (Å²) < 4.78 is 20.0. The Hall–Kier alpha value is -2.21. The van der Waals surface area contributed by atoms with Gasteiger partial charge in [0, 0.05) is 6.04 Å². The van der Waals surface area contributed by atoms with Crippen LogP contribution in [0.15, 0.2) is 12.7 Å². The standard InChI is InChI=1S/C20H25N5O3/c1-4-13-15-16(28-20(2,3)27-15)19(26-13)25-11-23-14-17(21-10-22-18(14)25)24-12-8-6-5-7-9-12/h1,10-13,15-16,19H,5-9H2,2-3H3,(H,21,22,24)/t13-,15-,16+,19-/m1/s1. The number of aromatic nitrogens is 4. The van der Waals surface area contributed by atoms with Crippen molar-refractivity contribution in [2.45, 2.75) is 82.3 Å². The number of nitrogens with one attached hydrogen (secondary N) is 1. The van der Waals surface area contributed by atoms with Crippen LogP contribution in [0.1, 0.15) is 52.2 Å². The Morgan fingerprint density at radius 1 is 1.14 bits per heavy atom. The Morgan fingerprint density at radius 2 is 1.93 bits per heavy atom. The van der Waals surface area contributed by atoms with Crippen molar-refractivity contribution < 1.29 is 14.2 Å². The molecule has 8 nitrogen and oxygen atoms in total. The second-order valence-electron chi connectivity index (χ2n) is 8.20. The number of fused-ring (bicyclic) bond motifs is 2. The molecule has 1 N–H and O–H groups in total. The van der Waals surface area contributed by atoms with E-state index in [1.807, 2.05) is 18.4 Å². The quantitative estimate of drug-likeness (QED) is 0.816. The number of nitrogens with zero attached hydrogens (tertiary/aromatic N) is 4. The molecular weight excluding hydrogens is 358 g/mol. The maximum absolute atomic E-state index is 6.09. The molecule has 2 aromatic rings. The average molecular weight is 383 g/mol. The highest BCUT2D eigenvalue weighted by molar-refractivity contribution is 5.82. The third-order valence-corrected chi connectivity index (χ3v) is 5.77. The summed E-state index contributed by atoms with van der Waals surface area (Å²) in [6.07, 6.45) is 13.5. The van der Waals surface area contributed by atoms with Gasteiger partial charge in [0.25, 0.3) is 0 Å². The van der Waals surface area contributed by atoms with Crippen molar-refractivity contribution in [2.24, 2.45) is 0 Å². The lowest BCUT2D eigenvalue weighted by Gasteiger charge is -2.24. The fourth-order valence-electron chi connectivity index (χ4n) is 4.52. The lowest BCUT2D eigenvalue weighted by molar-refractivity contribution is -0.190. The number of anilines is 1. The normalized spacial score (nSPS) is 32.3. The zero-order valence-electron chi connectivity index (χ0n) is 16.2. The van der Waals surface area contributed by atoms with Crippen LogP contribution < -0.4 is 5.32 Å². The van der Waals surface area contributed by atoms with Crippen LogP contribution in [0, 0.1) is 12.3 Å². The van der Waals surface area contributed by atoms with Gasteiger partial charge in [-0.2, -0.15) is 0 Å². The van der Waals surface area contributed by atoms with Gasteiger partial charge >= 0.3 is 0 Å². The van der Waals surface area contributed by atoms with E-state index in [0.717, 1.165) is 24.2 Å². The summed E-state index contributed by atoms with van der Waals surface area (Å²) in [4.78, 5) is 13.5. The maximum atomic E-state index is 6.09. The van der Waals surface area contributed by atoms with E-state index in [9.17, 15) is 0 Å². The van der Waals surface area contributed by atoms with E-state index >= 15 is 0 Å². The number of ether oxygens (including phenoxy) is 3. The molecule has 0 spiro atoms. The summed E-state index contributed by atoms with van der Waals surface area (Å²) in [5.74, 6) is 2.74. The van der Waals surface area contributed by atoms with Crippen molar-refractivity contribution in [3.63, 3.8) is 0 Å². The summed E-state index contributed by atoms with van der Waals surface area (Å²) in [6, 6.07) is 0.433. The highest BCUT2D eigenvalue weighted by Crippen LogP contribution is 2.43.